The predicted molar refractivity (Wildman–Crippen MR) is 180 cm³/mol. The molecule has 47 heavy (non-hydrogen) atoms. The molecule has 0 bridgehead atoms. The summed E-state index contributed by atoms with van der Waals surface area (Å²) in [5, 5.41) is 13.1. The number of carboxylic acids is 1. The van der Waals surface area contributed by atoms with Crippen LogP contribution in [0.15, 0.2) is 25.3 Å². The number of hydrogen-bond donors (Lipinski definition) is 3. The molecule has 272 valence electrons. The molecular formula is C32H56N2O11S2. The molecule has 4 atom stereocenters. The number of amides is 1. The number of allylic oxidation sites excluding steroid dienone is 2. The highest BCUT2D eigenvalue weighted by Gasteiger charge is 2.61. The fraction of sp³-hybridized carbons (Fsp3) is 0.750. The van der Waals surface area contributed by atoms with Crippen molar-refractivity contribution in [3.05, 3.63) is 25.3 Å². The van der Waals surface area contributed by atoms with E-state index in [0.29, 0.717) is 25.7 Å². The molecule has 0 aromatic carbocycles. The molecule has 4 N–H and O–H groups in total. The zero-order chi connectivity index (χ0) is 34.8. The maximum Gasteiger partial charge on any atom is 0.310 e. The molecular weight excluding hydrogens is 652 g/mol. The Bertz CT molecular complexity index is 1400. The summed E-state index contributed by atoms with van der Waals surface area (Å²) in [6, 6.07) is 0. The smallest absolute Gasteiger partial charge is 0.310 e. The lowest BCUT2D eigenvalue weighted by molar-refractivity contribution is -0.161. The third-order valence-electron chi connectivity index (χ3n) is 7.66. The highest BCUT2D eigenvalue weighted by molar-refractivity contribution is 7.91. The van der Waals surface area contributed by atoms with Crippen LogP contribution in [0.3, 0.4) is 0 Å². The normalized spacial score (nSPS) is 26.0. The van der Waals surface area contributed by atoms with Crippen LogP contribution in [-0.2, 0) is 48.7 Å². The monoisotopic (exact) mass is 708 g/mol. The minimum atomic E-state index is -3.62. The Morgan fingerprint density at radius 2 is 1.15 bits per heavy atom. The van der Waals surface area contributed by atoms with Crippen molar-refractivity contribution >= 4 is 43.9 Å². The molecule has 0 unspecified atom stereocenters. The van der Waals surface area contributed by atoms with Crippen molar-refractivity contribution in [2.45, 2.75) is 129 Å². The summed E-state index contributed by atoms with van der Waals surface area (Å²) in [4.78, 5) is 47.1. The lowest BCUT2D eigenvalue weighted by Crippen LogP contribution is -2.41. The Labute approximate surface area is 281 Å². The number of primary sulfonamides is 1. The first-order chi connectivity index (χ1) is 20.3. The Morgan fingerprint density at radius 1 is 0.787 bits per heavy atom. The number of rotatable bonds is 11. The van der Waals surface area contributed by atoms with Crippen molar-refractivity contribution in [3.8, 4) is 0 Å². The number of carbonyl (C=O) groups excluding carboxylic acids is 3. The average molecular weight is 709 g/mol. The molecule has 0 aliphatic heterocycles. The van der Waals surface area contributed by atoms with E-state index >= 15 is 0 Å². The third-order valence-corrected chi connectivity index (χ3v) is 10.9. The van der Waals surface area contributed by atoms with Gasteiger partial charge in [0.1, 0.15) is 11.2 Å². The van der Waals surface area contributed by atoms with Gasteiger partial charge in [-0.25, -0.2) is 22.0 Å². The average Bonchev–Trinajstić information content (AvgIpc) is 3.70. The highest BCUT2D eigenvalue weighted by atomic mass is 32.2. The second kappa shape index (κ2) is 15.6. The van der Waals surface area contributed by atoms with Gasteiger partial charge in [-0.15, -0.1) is 13.2 Å². The van der Waals surface area contributed by atoms with E-state index in [0.717, 1.165) is 12.8 Å². The van der Waals surface area contributed by atoms with Gasteiger partial charge in [0, 0.05) is 0 Å². The van der Waals surface area contributed by atoms with Crippen LogP contribution in [0.25, 0.3) is 0 Å². The van der Waals surface area contributed by atoms with Crippen LogP contribution in [0.5, 0.6) is 0 Å². The summed E-state index contributed by atoms with van der Waals surface area (Å²) in [7, 11) is -6.75. The quantitative estimate of drug-likeness (QED) is 0.204. The molecule has 4 aliphatic carbocycles. The summed E-state index contributed by atoms with van der Waals surface area (Å²) in [6.07, 6.45) is 6.55. The van der Waals surface area contributed by atoms with Gasteiger partial charge in [-0.05, 0) is 91.9 Å². The number of carbonyl (C=O) groups is 4. The second-order valence-electron chi connectivity index (χ2n) is 14.2. The van der Waals surface area contributed by atoms with Crippen molar-refractivity contribution in [3.63, 3.8) is 0 Å². The largest absolute Gasteiger partial charge is 0.481 e. The lowest BCUT2D eigenvalue weighted by Gasteiger charge is -2.22. The Kier molecular flexibility index (Phi) is 14.7. The minimum Gasteiger partial charge on any atom is -0.481 e. The van der Waals surface area contributed by atoms with Gasteiger partial charge in [0.2, 0.25) is 26.0 Å². The molecule has 0 aromatic heterocycles. The summed E-state index contributed by atoms with van der Waals surface area (Å²) in [5.41, 5.74) is -3.22. The fourth-order valence-electron chi connectivity index (χ4n) is 4.71. The number of esters is 2. The molecule has 0 saturated heterocycles. The van der Waals surface area contributed by atoms with Crippen molar-refractivity contribution in [1.82, 2.24) is 4.72 Å². The van der Waals surface area contributed by atoms with E-state index in [2.05, 4.69) is 17.9 Å². The molecule has 0 spiro atoms. The molecule has 0 radical (unpaired) electrons. The first kappa shape index (κ1) is 44.2. The van der Waals surface area contributed by atoms with Crippen molar-refractivity contribution in [1.29, 1.82) is 0 Å². The van der Waals surface area contributed by atoms with Gasteiger partial charge < -0.3 is 14.6 Å². The third kappa shape index (κ3) is 13.3. The van der Waals surface area contributed by atoms with Crippen LogP contribution < -0.4 is 9.86 Å². The molecule has 13 nitrogen and oxygen atoms in total. The van der Waals surface area contributed by atoms with Gasteiger partial charge in [0.05, 0.1) is 34.2 Å². The molecule has 1 amide bonds. The standard InChI is InChI=1S/C15H23NO5S.C12H18O4.C3H7NO2S.2CH4/c1-5-10-8-15(10,9-12(17)21-14(2,3)4)13(18)16-22(19,20)11-6-7-11;1-5-8-6-12(8,10(14)15)7-9(13)16-11(2,3)4;4-7(5,6)3-1-2-3;;/h5,10-11H,1,6-9H2,2-4H3,(H,16,18);5,8H,1,6-7H2,2-4H3,(H,14,15);3H,1-2H2,(H2,4,5,6);2*1H4/t10-,15-;8-,12-;;;/m11.../s1. The van der Waals surface area contributed by atoms with Gasteiger partial charge >= 0.3 is 17.9 Å². The summed E-state index contributed by atoms with van der Waals surface area (Å²) in [5.74, 6) is -2.83. The number of sulfonamides is 2. The number of nitrogens with two attached hydrogens (primary N) is 1. The van der Waals surface area contributed by atoms with E-state index < -0.39 is 71.1 Å². The number of ether oxygens (including phenoxy) is 2. The van der Waals surface area contributed by atoms with Crippen LogP contribution in [-0.4, -0.2) is 67.5 Å². The molecule has 4 rings (SSSR count). The number of aliphatic carboxylic acids is 1. The van der Waals surface area contributed by atoms with E-state index in [4.69, 9.17) is 19.7 Å². The predicted octanol–water partition coefficient (Wildman–Crippen LogP) is 4.22. The van der Waals surface area contributed by atoms with E-state index in [1.165, 1.54) is 0 Å². The van der Waals surface area contributed by atoms with Crippen molar-refractivity contribution < 1.29 is 50.6 Å². The molecule has 4 fully saturated rings. The van der Waals surface area contributed by atoms with Gasteiger partial charge in [0.25, 0.3) is 0 Å². The lowest BCUT2D eigenvalue weighted by atomic mass is 9.98. The number of hydrogen-bond acceptors (Lipinski definition) is 10. The highest BCUT2D eigenvalue weighted by Crippen LogP contribution is 2.57. The van der Waals surface area contributed by atoms with Gasteiger partial charge in [-0.1, -0.05) is 27.0 Å². The van der Waals surface area contributed by atoms with Crippen molar-refractivity contribution in [2.75, 3.05) is 0 Å². The van der Waals surface area contributed by atoms with Crippen molar-refractivity contribution in [2.24, 2.45) is 27.8 Å². The molecule has 0 heterocycles. The topological polar surface area (TPSA) is 213 Å². The zero-order valence-electron chi connectivity index (χ0n) is 27.0. The zero-order valence-corrected chi connectivity index (χ0v) is 28.6. The summed E-state index contributed by atoms with van der Waals surface area (Å²) in [6.45, 7) is 17.7. The van der Waals surface area contributed by atoms with Gasteiger partial charge in [0.15, 0.2) is 0 Å². The maximum absolute atomic E-state index is 12.4. The van der Waals surface area contributed by atoms with E-state index in [1.807, 2.05) is 0 Å². The maximum atomic E-state index is 12.4. The number of carboxylic acid groups (broad SMARTS) is 1. The minimum absolute atomic E-state index is 0. The van der Waals surface area contributed by atoms with Gasteiger partial charge in [-0.2, -0.15) is 0 Å². The fourth-order valence-corrected chi connectivity index (χ4v) is 6.89. The molecule has 4 saturated carbocycles. The van der Waals surface area contributed by atoms with E-state index in [1.54, 1.807) is 53.7 Å². The second-order valence-corrected chi connectivity index (χ2v) is 18.0. The molecule has 0 aromatic rings. The Morgan fingerprint density at radius 3 is 1.40 bits per heavy atom. The van der Waals surface area contributed by atoms with Crippen LogP contribution >= 0.6 is 0 Å². The SMILES string of the molecule is C.C.C=C[C@@H]1C[C@]1(CC(=O)OC(C)(C)C)C(=O)NS(=O)(=O)C1CC1.C=C[C@@H]1C[C@]1(CC(=O)OC(C)(C)C)C(=O)O.NS(=O)(=O)C1CC1. The number of nitrogens with one attached hydrogen (secondary N) is 1. The van der Waals surface area contributed by atoms with Crippen LogP contribution in [0.4, 0.5) is 0 Å². The van der Waals surface area contributed by atoms with E-state index in [9.17, 15) is 36.0 Å². The first-order valence-electron chi connectivity index (χ1n) is 14.8. The van der Waals surface area contributed by atoms with E-state index in [-0.39, 0.29) is 44.8 Å². The molecule has 4 aliphatic rings. The van der Waals surface area contributed by atoms with Crippen LogP contribution in [0, 0.1) is 22.7 Å². The summed E-state index contributed by atoms with van der Waals surface area (Å²) >= 11 is 0. The first-order valence-corrected chi connectivity index (χ1v) is 18.0. The van der Waals surface area contributed by atoms with Crippen LogP contribution in [0.2, 0.25) is 0 Å². The summed E-state index contributed by atoms with van der Waals surface area (Å²) < 4.78 is 56.7. The van der Waals surface area contributed by atoms with Gasteiger partial charge in [-0.3, -0.25) is 23.9 Å². The Hall–Kier alpha value is -2.78. The van der Waals surface area contributed by atoms with Crippen LogP contribution in [0.1, 0.15) is 108 Å². The molecule has 15 heteroatoms. The Balaban J connectivity index is 0.000000741.